The first-order valence-electron chi connectivity index (χ1n) is 4.37. The molecule has 1 aliphatic rings. The maximum atomic E-state index is 10.9. The van der Waals surface area contributed by atoms with Crippen molar-refractivity contribution in [3.05, 3.63) is 0 Å². The fourth-order valence-corrected chi connectivity index (χ4v) is 1.70. The molecule has 0 bridgehead atoms. The maximum Gasteiger partial charge on any atom is 0.234 e. The van der Waals surface area contributed by atoms with Crippen LogP contribution in [0.2, 0.25) is 0 Å². The Morgan fingerprint density at radius 2 is 2.25 bits per heavy atom. The highest BCUT2D eigenvalue weighted by atomic mass is 16.3. The monoisotopic (exact) mass is 171 g/mol. The van der Waals surface area contributed by atoms with Crippen LogP contribution in [0.5, 0.6) is 0 Å². The second-order valence-electron chi connectivity index (χ2n) is 3.15. The Morgan fingerprint density at radius 1 is 1.50 bits per heavy atom. The molecule has 0 saturated carbocycles. The minimum Gasteiger partial charge on any atom is -0.368 e. The molecule has 1 rings (SSSR count). The molecular weight excluding hydrogens is 156 g/mol. The van der Waals surface area contributed by atoms with Gasteiger partial charge in [-0.15, -0.1) is 0 Å². The van der Waals surface area contributed by atoms with E-state index in [-0.39, 0.29) is 18.6 Å². The predicted molar refractivity (Wildman–Crippen MR) is 44.0 cm³/mol. The van der Waals surface area contributed by atoms with E-state index in [1.54, 1.807) is 0 Å². The Labute approximate surface area is 72.3 Å². The van der Waals surface area contributed by atoms with Crippen LogP contribution in [0.1, 0.15) is 19.3 Å². The van der Waals surface area contributed by atoms with Crippen LogP contribution in [-0.2, 0) is 9.90 Å². The summed E-state index contributed by atoms with van der Waals surface area (Å²) in [4.78, 5) is 12.8. The van der Waals surface area contributed by atoms with Gasteiger partial charge in [-0.1, -0.05) is 6.42 Å². The van der Waals surface area contributed by atoms with Crippen LogP contribution in [0.4, 0.5) is 0 Å². The van der Waals surface area contributed by atoms with Gasteiger partial charge in [0.05, 0.1) is 12.6 Å². The summed E-state index contributed by atoms with van der Waals surface area (Å²) in [5.41, 5.74) is 5.21. The summed E-state index contributed by atoms with van der Waals surface area (Å²) in [6.07, 6.45) is 2.93. The number of carbonyl (C=O) groups excluding carboxylic acids is 1. The molecule has 69 valence electrons. The summed E-state index contributed by atoms with van der Waals surface area (Å²) >= 11 is 0. The van der Waals surface area contributed by atoms with E-state index in [4.69, 9.17) is 5.73 Å². The van der Waals surface area contributed by atoms with E-state index in [1.165, 1.54) is 0 Å². The van der Waals surface area contributed by atoms with Crippen LogP contribution in [0.3, 0.4) is 0 Å². The number of primary amides is 1. The van der Waals surface area contributed by atoms with Gasteiger partial charge in [0.15, 0.2) is 0 Å². The van der Waals surface area contributed by atoms with Crippen LogP contribution in [-0.4, -0.2) is 36.5 Å². The zero-order valence-corrected chi connectivity index (χ0v) is 7.16. The number of carbonyl (C=O) groups is 1. The second-order valence-corrected chi connectivity index (χ2v) is 3.15. The van der Waals surface area contributed by atoms with Crippen LogP contribution in [0, 0.1) is 0 Å². The van der Waals surface area contributed by atoms with Crippen molar-refractivity contribution in [2.45, 2.75) is 25.3 Å². The van der Waals surface area contributed by atoms with Crippen molar-refractivity contribution < 1.29 is 9.90 Å². The average Bonchev–Trinajstić information content (AvgIpc) is 2.05. The van der Waals surface area contributed by atoms with Gasteiger partial charge in [-0.25, -0.2) is 5.11 Å². The predicted octanol–water partition coefficient (Wildman–Crippen LogP) is -0.243. The van der Waals surface area contributed by atoms with Gasteiger partial charge in [0, 0.05) is 6.54 Å². The van der Waals surface area contributed by atoms with Crippen molar-refractivity contribution in [3.8, 4) is 0 Å². The van der Waals surface area contributed by atoms with E-state index >= 15 is 0 Å². The SMILES string of the molecule is NC(=O)C1CCCCN1CC[O]. The van der Waals surface area contributed by atoms with Crippen molar-refractivity contribution >= 4 is 5.91 Å². The van der Waals surface area contributed by atoms with Gasteiger partial charge in [0.1, 0.15) is 0 Å². The minimum atomic E-state index is -0.289. The van der Waals surface area contributed by atoms with E-state index in [0.29, 0.717) is 6.54 Å². The molecule has 0 aromatic rings. The van der Waals surface area contributed by atoms with Crippen LogP contribution in [0.25, 0.3) is 0 Å². The van der Waals surface area contributed by atoms with E-state index in [0.717, 1.165) is 25.8 Å². The van der Waals surface area contributed by atoms with Gasteiger partial charge in [-0.05, 0) is 19.4 Å². The summed E-state index contributed by atoms with van der Waals surface area (Å²) in [6.45, 7) is 1.15. The number of piperidine rings is 1. The first-order chi connectivity index (χ1) is 5.75. The fourth-order valence-electron chi connectivity index (χ4n) is 1.70. The highest BCUT2D eigenvalue weighted by Crippen LogP contribution is 2.15. The van der Waals surface area contributed by atoms with Gasteiger partial charge in [-0.2, -0.15) is 0 Å². The summed E-state index contributed by atoms with van der Waals surface area (Å²) in [5.74, 6) is -0.289. The lowest BCUT2D eigenvalue weighted by Crippen LogP contribution is -2.48. The molecule has 1 unspecified atom stereocenters. The molecular formula is C8H15N2O2. The van der Waals surface area contributed by atoms with E-state index in [2.05, 4.69) is 0 Å². The van der Waals surface area contributed by atoms with Crippen LogP contribution in [0.15, 0.2) is 0 Å². The van der Waals surface area contributed by atoms with E-state index in [9.17, 15) is 9.90 Å². The topological polar surface area (TPSA) is 66.2 Å². The Balaban J connectivity index is 2.48. The number of nitrogens with two attached hydrogens (primary N) is 1. The number of nitrogens with zero attached hydrogens (tertiary/aromatic N) is 1. The third kappa shape index (κ3) is 2.19. The molecule has 1 atom stereocenters. The molecule has 0 aliphatic carbocycles. The minimum absolute atomic E-state index is 0.149. The smallest absolute Gasteiger partial charge is 0.234 e. The molecule has 1 saturated heterocycles. The number of likely N-dealkylation sites (tertiary alicyclic amines) is 1. The van der Waals surface area contributed by atoms with Crippen molar-refractivity contribution in [1.29, 1.82) is 0 Å². The highest BCUT2D eigenvalue weighted by Gasteiger charge is 2.25. The van der Waals surface area contributed by atoms with Crippen molar-refractivity contribution in [3.63, 3.8) is 0 Å². The Kier molecular flexibility index (Phi) is 3.49. The lowest BCUT2D eigenvalue weighted by molar-refractivity contribution is -0.124. The lowest BCUT2D eigenvalue weighted by atomic mass is 10.0. The largest absolute Gasteiger partial charge is 0.368 e. The molecule has 0 aromatic heterocycles. The van der Waals surface area contributed by atoms with Crippen molar-refractivity contribution in [1.82, 2.24) is 4.90 Å². The summed E-state index contributed by atoms with van der Waals surface area (Å²) in [5, 5.41) is 10.4. The standard InChI is InChI=1S/C8H15N2O2/c9-8(12)7-3-1-2-4-10(7)5-6-11/h7H,1-6H2,(H2,9,12). The number of amides is 1. The molecule has 1 heterocycles. The molecule has 12 heavy (non-hydrogen) atoms. The van der Waals surface area contributed by atoms with Gasteiger partial charge in [0.25, 0.3) is 0 Å². The zero-order chi connectivity index (χ0) is 8.97. The van der Waals surface area contributed by atoms with E-state index in [1.807, 2.05) is 4.90 Å². The zero-order valence-electron chi connectivity index (χ0n) is 7.16. The molecule has 1 aliphatic heterocycles. The molecule has 1 amide bonds. The lowest BCUT2D eigenvalue weighted by Gasteiger charge is -2.32. The Morgan fingerprint density at radius 3 is 2.83 bits per heavy atom. The maximum absolute atomic E-state index is 10.9. The van der Waals surface area contributed by atoms with Gasteiger partial charge in [-0.3, -0.25) is 9.69 Å². The summed E-state index contributed by atoms with van der Waals surface area (Å²) in [6, 6.07) is -0.187. The first kappa shape index (κ1) is 9.48. The Hall–Kier alpha value is -0.610. The highest BCUT2D eigenvalue weighted by molar-refractivity contribution is 5.79. The summed E-state index contributed by atoms with van der Waals surface area (Å²) < 4.78 is 0. The first-order valence-corrected chi connectivity index (χ1v) is 4.37. The average molecular weight is 171 g/mol. The normalized spacial score (nSPS) is 25.6. The van der Waals surface area contributed by atoms with Crippen LogP contribution < -0.4 is 5.73 Å². The molecule has 1 fully saturated rings. The Bertz CT molecular complexity index is 159. The van der Waals surface area contributed by atoms with Crippen LogP contribution >= 0.6 is 0 Å². The number of hydrogen-bond donors (Lipinski definition) is 1. The van der Waals surface area contributed by atoms with Crippen molar-refractivity contribution in [2.24, 2.45) is 5.73 Å². The molecule has 4 heteroatoms. The number of rotatable bonds is 3. The second kappa shape index (κ2) is 4.42. The third-order valence-electron chi connectivity index (χ3n) is 2.32. The van der Waals surface area contributed by atoms with E-state index < -0.39 is 0 Å². The molecule has 1 radical (unpaired) electrons. The molecule has 2 N–H and O–H groups in total. The quantitative estimate of drug-likeness (QED) is 0.636. The molecule has 0 spiro atoms. The van der Waals surface area contributed by atoms with Gasteiger partial charge >= 0.3 is 0 Å². The third-order valence-corrected chi connectivity index (χ3v) is 2.32. The van der Waals surface area contributed by atoms with Gasteiger partial charge < -0.3 is 5.73 Å². The summed E-state index contributed by atoms with van der Waals surface area (Å²) in [7, 11) is 0. The van der Waals surface area contributed by atoms with Crippen molar-refractivity contribution in [2.75, 3.05) is 19.7 Å². The molecule has 4 nitrogen and oxygen atoms in total. The van der Waals surface area contributed by atoms with Gasteiger partial charge in [0.2, 0.25) is 5.91 Å². The fraction of sp³-hybridized carbons (Fsp3) is 0.875. The molecule has 0 aromatic carbocycles. The number of hydrogen-bond acceptors (Lipinski definition) is 2.